The summed E-state index contributed by atoms with van der Waals surface area (Å²) < 4.78 is 1.72. The van der Waals surface area contributed by atoms with E-state index < -0.39 is 0 Å². The molecule has 1 heterocycles. The summed E-state index contributed by atoms with van der Waals surface area (Å²) in [5, 5.41) is 11.2. The van der Waals surface area contributed by atoms with E-state index in [1.807, 2.05) is 13.2 Å². The Morgan fingerprint density at radius 3 is 2.92 bits per heavy atom. The zero-order valence-electron chi connectivity index (χ0n) is 7.91. The predicted molar refractivity (Wildman–Crippen MR) is 47.6 cm³/mol. The fraction of sp³-hybridized carbons (Fsp3) is 0.750. The van der Waals surface area contributed by atoms with Crippen LogP contribution in [0.1, 0.15) is 26.0 Å². The maximum atomic E-state index is 3.97. The fourth-order valence-electron chi connectivity index (χ4n) is 0.899. The highest BCUT2D eigenvalue weighted by atomic mass is 15.4. The van der Waals surface area contributed by atoms with Crippen LogP contribution in [0.4, 0.5) is 0 Å². The lowest BCUT2D eigenvalue weighted by molar-refractivity contribution is 0.528. The molecule has 0 amide bonds. The summed E-state index contributed by atoms with van der Waals surface area (Å²) in [6.45, 7) is 5.13. The molecule has 4 nitrogen and oxygen atoms in total. The highest BCUT2D eigenvalue weighted by Gasteiger charge is 2.00. The molecule has 0 saturated heterocycles. The van der Waals surface area contributed by atoms with Crippen LogP contribution in [0.25, 0.3) is 0 Å². The van der Waals surface area contributed by atoms with Gasteiger partial charge in [0.1, 0.15) is 0 Å². The molecule has 1 unspecified atom stereocenters. The monoisotopic (exact) mass is 168 g/mol. The molecule has 0 aromatic carbocycles. The van der Waals surface area contributed by atoms with Crippen molar-refractivity contribution in [3.05, 3.63) is 11.9 Å². The summed E-state index contributed by atoms with van der Waals surface area (Å²) in [7, 11) is 1.87. The Balaban J connectivity index is 2.33. The van der Waals surface area contributed by atoms with E-state index in [2.05, 4.69) is 29.5 Å². The lowest BCUT2D eigenvalue weighted by Gasteiger charge is -2.08. The molecular formula is C8H16N4. The number of hydrogen-bond donors (Lipinski definition) is 1. The SMILES string of the molecule is CCC(C)NCc1cn(C)nn1. The molecule has 0 bridgehead atoms. The Kier molecular flexibility index (Phi) is 3.22. The Labute approximate surface area is 73.0 Å². The number of nitrogens with one attached hydrogen (secondary N) is 1. The molecular weight excluding hydrogens is 152 g/mol. The van der Waals surface area contributed by atoms with E-state index in [-0.39, 0.29) is 0 Å². The molecule has 0 fully saturated rings. The van der Waals surface area contributed by atoms with Crippen molar-refractivity contribution >= 4 is 0 Å². The molecule has 4 heteroatoms. The minimum Gasteiger partial charge on any atom is -0.309 e. The van der Waals surface area contributed by atoms with Gasteiger partial charge in [-0.25, -0.2) is 0 Å². The maximum Gasteiger partial charge on any atom is 0.0964 e. The molecule has 1 N–H and O–H groups in total. The second kappa shape index (κ2) is 4.21. The average Bonchev–Trinajstić information content (AvgIpc) is 2.47. The number of aromatic nitrogens is 3. The molecule has 0 radical (unpaired) electrons. The first-order valence-corrected chi connectivity index (χ1v) is 4.31. The van der Waals surface area contributed by atoms with Crippen molar-refractivity contribution in [2.75, 3.05) is 0 Å². The smallest absolute Gasteiger partial charge is 0.0964 e. The summed E-state index contributed by atoms with van der Waals surface area (Å²) in [5.41, 5.74) is 0.998. The van der Waals surface area contributed by atoms with Gasteiger partial charge in [0.15, 0.2) is 0 Å². The molecule has 1 rings (SSSR count). The summed E-state index contributed by atoms with van der Waals surface area (Å²) in [6, 6.07) is 0.548. The van der Waals surface area contributed by atoms with Gasteiger partial charge in [0.05, 0.1) is 5.69 Å². The van der Waals surface area contributed by atoms with Crippen LogP contribution in [0.3, 0.4) is 0 Å². The van der Waals surface area contributed by atoms with Gasteiger partial charge in [-0.2, -0.15) is 0 Å². The highest BCUT2D eigenvalue weighted by Crippen LogP contribution is 1.93. The first-order chi connectivity index (χ1) is 5.72. The van der Waals surface area contributed by atoms with Gasteiger partial charge >= 0.3 is 0 Å². The topological polar surface area (TPSA) is 42.7 Å². The van der Waals surface area contributed by atoms with Crippen LogP contribution in [-0.4, -0.2) is 21.0 Å². The molecule has 1 aromatic rings. The number of hydrogen-bond acceptors (Lipinski definition) is 3. The van der Waals surface area contributed by atoms with Gasteiger partial charge < -0.3 is 5.32 Å². The third-order valence-electron chi connectivity index (χ3n) is 1.89. The molecule has 1 atom stereocenters. The van der Waals surface area contributed by atoms with Gasteiger partial charge in [-0.3, -0.25) is 4.68 Å². The normalized spacial score (nSPS) is 13.2. The van der Waals surface area contributed by atoms with E-state index in [1.54, 1.807) is 4.68 Å². The predicted octanol–water partition coefficient (Wildman–Crippen LogP) is 0.703. The van der Waals surface area contributed by atoms with Crippen molar-refractivity contribution in [3.63, 3.8) is 0 Å². The van der Waals surface area contributed by atoms with Gasteiger partial charge in [0.25, 0.3) is 0 Å². The summed E-state index contributed by atoms with van der Waals surface area (Å²) >= 11 is 0. The molecule has 0 saturated carbocycles. The first-order valence-electron chi connectivity index (χ1n) is 4.31. The molecule has 0 aliphatic heterocycles. The molecule has 0 aliphatic carbocycles. The van der Waals surface area contributed by atoms with Crippen LogP contribution in [0.5, 0.6) is 0 Å². The van der Waals surface area contributed by atoms with Crippen LogP contribution in [0.2, 0.25) is 0 Å². The quantitative estimate of drug-likeness (QED) is 0.719. The average molecular weight is 168 g/mol. The maximum absolute atomic E-state index is 3.97. The van der Waals surface area contributed by atoms with E-state index in [0.29, 0.717) is 6.04 Å². The first kappa shape index (κ1) is 9.19. The van der Waals surface area contributed by atoms with Crippen molar-refractivity contribution in [1.82, 2.24) is 20.3 Å². The Bertz CT molecular complexity index is 231. The van der Waals surface area contributed by atoms with Crippen LogP contribution >= 0.6 is 0 Å². The number of aryl methyl sites for hydroxylation is 1. The second-order valence-corrected chi connectivity index (χ2v) is 3.07. The Morgan fingerprint density at radius 2 is 2.42 bits per heavy atom. The second-order valence-electron chi connectivity index (χ2n) is 3.07. The molecule has 1 aromatic heterocycles. The Hall–Kier alpha value is -0.900. The molecule has 12 heavy (non-hydrogen) atoms. The lowest BCUT2D eigenvalue weighted by atomic mass is 10.2. The summed E-state index contributed by atoms with van der Waals surface area (Å²) in [6.07, 6.45) is 3.07. The Morgan fingerprint density at radius 1 is 1.67 bits per heavy atom. The lowest BCUT2D eigenvalue weighted by Crippen LogP contribution is -2.24. The third-order valence-corrected chi connectivity index (χ3v) is 1.89. The molecule has 0 aliphatic rings. The van der Waals surface area contributed by atoms with Gasteiger partial charge in [-0.05, 0) is 13.3 Å². The van der Waals surface area contributed by atoms with Crippen molar-refractivity contribution in [1.29, 1.82) is 0 Å². The van der Waals surface area contributed by atoms with E-state index in [0.717, 1.165) is 18.7 Å². The van der Waals surface area contributed by atoms with Crippen molar-refractivity contribution in [2.45, 2.75) is 32.9 Å². The van der Waals surface area contributed by atoms with Gasteiger partial charge in [0.2, 0.25) is 0 Å². The highest BCUT2D eigenvalue weighted by molar-refractivity contribution is 4.91. The van der Waals surface area contributed by atoms with Crippen molar-refractivity contribution in [2.24, 2.45) is 7.05 Å². The largest absolute Gasteiger partial charge is 0.309 e. The zero-order valence-corrected chi connectivity index (χ0v) is 7.91. The molecule has 68 valence electrons. The number of nitrogens with zero attached hydrogens (tertiary/aromatic N) is 3. The van der Waals surface area contributed by atoms with Crippen molar-refractivity contribution in [3.8, 4) is 0 Å². The van der Waals surface area contributed by atoms with Gasteiger partial charge in [-0.1, -0.05) is 12.1 Å². The third kappa shape index (κ3) is 2.62. The summed E-state index contributed by atoms with van der Waals surface area (Å²) in [4.78, 5) is 0. The number of rotatable bonds is 4. The van der Waals surface area contributed by atoms with Crippen molar-refractivity contribution < 1.29 is 0 Å². The van der Waals surface area contributed by atoms with E-state index in [4.69, 9.17) is 0 Å². The van der Waals surface area contributed by atoms with Crippen LogP contribution in [0, 0.1) is 0 Å². The minimum atomic E-state index is 0.548. The molecule has 0 spiro atoms. The van der Waals surface area contributed by atoms with E-state index in [1.165, 1.54) is 0 Å². The fourth-order valence-corrected chi connectivity index (χ4v) is 0.899. The van der Waals surface area contributed by atoms with Gasteiger partial charge in [-0.15, -0.1) is 5.10 Å². The van der Waals surface area contributed by atoms with Crippen LogP contribution < -0.4 is 5.32 Å². The zero-order chi connectivity index (χ0) is 8.97. The summed E-state index contributed by atoms with van der Waals surface area (Å²) in [5.74, 6) is 0. The van der Waals surface area contributed by atoms with Gasteiger partial charge in [0, 0.05) is 25.8 Å². The van der Waals surface area contributed by atoms with E-state index in [9.17, 15) is 0 Å². The minimum absolute atomic E-state index is 0.548. The van der Waals surface area contributed by atoms with Crippen LogP contribution in [0.15, 0.2) is 6.20 Å². The van der Waals surface area contributed by atoms with Crippen LogP contribution in [-0.2, 0) is 13.6 Å². The standard InChI is InChI=1S/C8H16N4/c1-4-7(2)9-5-8-6-12(3)11-10-8/h6-7,9H,4-5H2,1-3H3. The van der Waals surface area contributed by atoms with E-state index >= 15 is 0 Å².